The molecule has 0 aliphatic carbocycles. The van der Waals surface area contributed by atoms with Crippen molar-refractivity contribution in [2.75, 3.05) is 38.1 Å². The van der Waals surface area contributed by atoms with E-state index >= 15 is 0 Å². The van der Waals surface area contributed by atoms with Gasteiger partial charge in [0, 0.05) is 19.3 Å². The summed E-state index contributed by atoms with van der Waals surface area (Å²) in [5.74, 6) is 0.558. The van der Waals surface area contributed by atoms with Crippen molar-refractivity contribution in [2.45, 2.75) is 45.4 Å². The van der Waals surface area contributed by atoms with E-state index in [1.54, 1.807) is 0 Å². The minimum absolute atomic E-state index is 0.558. The van der Waals surface area contributed by atoms with Crippen LogP contribution < -0.4 is 4.90 Å². The third-order valence-electron chi connectivity index (χ3n) is 5.65. The highest BCUT2D eigenvalue weighted by molar-refractivity contribution is 5.47. The van der Waals surface area contributed by atoms with Gasteiger partial charge in [-0.2, -0.15) is 0 Å². The predicted octanol–water partition coefficient (Wildman–Crippen LogP) is 3.52. The molecular formula is C18H29N3. The summed E-state index contributed by atoms with van der Waals surface area (Å²) >= 11 is 0. The first-order chi connectivity index (χ1) is 10.1. The van der Waals surface area contributed by atoms with Crippen LogP contribution in [0, 0.1) is 5.41 Å². The van der Waals surface area contributed by atoms with E-state index in [-0.39, 0.29) is 0 Å². The molecule has 116 valence electrons. The van der Waals surface area contributed by atoms with Crippen LogP contribution in [0.25, 0.3) is 0 Å². The van der Waals surface area contributed by atoms with E-state index in [1.165, 1.54) is 63.1 Å². The van der Waals surface area contributed by atoms with Gasteiger partial charge in [-0.25, -0.2) is 0 Å². The number of hydrogen-bond donors (Lipinski definition) is 0. The highest BCUT2D eigenvalue weighted by Crippen LogP contribution is 2.41. The molecule has 3 nitrogen and oxygen atoms in total. The molecule has 2 saturated heterocycles. The lowest BCUT2D eigenvalue weighted by Crippen LogP contribution is -2.46. The van der Waals surface area contributed by atoms with Crippen LogP contribution >= 0.6 is 0 Å². The van der Waals surface area contributed by atoms with Crippen molar-refractivity contribution < 1.29 is 0 Å². The summed E-state index contributed by atoms with van der Waals surface area (Å²) in [7, 11) is 2.26. The third-order valence-corrected chi connectivity index (χ3v) is 5.65. The quantitative estimate of drug-likeness (QED) is 0.829. The highest BCUT2D eigenvalue weighted by Gasteiger charge is 2.36. The molecule has 2 aliphatic heterocycles. The van der Waals surface area contributed by atoms with Gasteiger partial charge in [0.25, 0.3) is 0 Å². The van der Waals surface area contributed by atoms with Crippen molar-refractivity contribution in [2.24, 2.45) is 5.41 Å². The van der Waals surface area contributed by atoms with Crippen molar-refractivity contribution in [3.8, 4) is 0 Å². The fourth-order valence-electron chi connectivity index (χ4n) is 3.77. The number of aromatic nitrogens is 1. The molecule has 21 heavy (non-hydrogen) atoms. The Morgan fingerprint density at radius 1 is 1.00 bits per heavy atom. The molecule has 0 unspecified atom stereocenters. The SMILES string of the molecule is CC(C)c1cncc(N2CCC3(CCN(C)CC3)CC2)c1. The summed E-state index contributed by atoms with van der Waals surface area (Å²) in [5.41, 5.74) is 3.31. The molecular weight excluding hydrogens is 258 g/mol. The lowest BCUT2D eigenvalue weighted by Gasteiger charge is -2.46. The van der Waals surface area contributed by atoms with E-state index in [4.69, 9.17) is 0 Å². The summed E-state index contributed by atoms with van der Waals surface area (Å²) in [4.78, 5) is 9.47. The molecule has 3 heteroatoms. The zero-order chi connectivity index (χ0) is 14.9. The van der Waals surface area contributed by atoms with Crippen molar-refractivity contribution in [3.05, 3.63) is 24.0 Å². The Kier molecular flexibility index (Phi) is 4.21. The lowest BCUT2D eigenvalue weighted by atomic mass is 9.71. The molecule has 1 aromatic heterocycles. The molecule has 0 saturated carbocycles. The number of likely N-dealkylation sites (tertiary alicyclic amines) is 1. The molecule has 1 aromatic rings. The summed E-state index contributed by atoms with van der Waals surface area (Å²) < 4.78 is 0. The van der Waals surface area contributed by atoms with Gasteiger partial charge in [0.05, 0.1) is 11.9 Å². The van der Waals surface area contributed by atoms with E-state index in [0.29, 0.717) is 11.3 Å². The lowest BCUT2D eigenvalue weighted by molar-refractivity contribution is 0.0945. The number of pyridine rings is 1. The van der Waals surface area contributed by atoms with E-state index in [2.05, 4.69) is 41.7 Å². The second kappa shape index (κ2) is 5.96. The monoisotopic (exact) mass is 287 g/mol. The van der Waals surface area contributed by atoms with Crippen molar-refractivity contribution in [1.29, 1.82) is 0 Å². The van der Waals surface area contributed by atoms with E-state index in [9.17, 15) is 0 Å². The van der Waals surface area contributed by atoms with Gasteiger partial charge in [0.1, 0.15) is 0 Å². The van der Waals surface area contributed by atoms with Crippen LogP contribution in [0.3, 0.4) is 0 Å². The van der Waals surface area contributed by atoms with Crippen LogP contribution in [0.2, 0.25) is 0 Å². The van der Waals surface area contributed by atoms with E-state index in [1.807, 2.05) is 12.4 Å². The van der Waals surface area contributed by atoms with Crippen LogP contribution in [-0.4, -0.2) is 43.1 Å². The van der Waals surface area contributed by atoms with Gasteiger partial charge >= 0.3 is 0 Å². The maximum atomic E-state index is 4.45. The standard InChI is InChI=1S/C18H29N3/c1-15(2)16-12-17(14-19-13-16)21-10-6-18(7-11-21)4-8-20(3)9-5-18/h12-15H,4-11H2,1-3H3. The van der Waals surface area contributed by atoms with Gasteiger partial charge in [0.2, 0.25) is 0 Å². The Bertz CT molecular complexity index is 465. The Morgan fingerprint density at radius 2 is 1.62 bits per heavy atom. The number of nitrogens with zero attached hydrogens (tertiary/aromatic N) is 3. The van der Waals surface area contributed by atoms with E-state index in [0.717, 1.165) is 0 Å². The fourth-order valence-corrected chi connectivity index (χ4v) is 3.77. The largest absolute Gasteiger partial charge is 0.370 e. The van der Waals surface area contributed by atoms with Crippen LogP contribution in [0.1, 0.15) is 51.0 Å². The minimum Gasteiger partial charge on any atom is -0.370 e. The third kappa shape index (κ3) is 3.23. The van der Waals surface area contributed by atoms with Gasteiger partial charge in [-0.15, -0.1) is 0 Å². The molecule has 2 fully saturated rings. The summed E-state index contributed by atoms with van der Waals surface area (Å²) in [6.45, 7) is 9.45. The summed E-state index contributed by atoms with van der Waals surface area (Å²) in [5, 5.41) is 0. The first kappa shape index (κ1) is 14.8. The molecule has 0 radical (unpaired) electrons. The average Bonchev–Trinajstić information content (AvgIpc) is 2.51. The van der Waals surface area contributed by atoms with Gasteiger partial charge in [0.15, 0.2) is 0 Å². The van der Waals surface area contributed by atoms with Gasteiger partial charge in [-0.05, 0) is 68.8 Å². The second-order valence-electron chi connectivity index (χ2n) is 7.42. The van der Waals surface area contributed by atoms with Crippen molar-refractivity contribution in [1.82, 2.24) is 9.88 Å². The molecule has 3 heterocycles. The van der Waals surface area contributed by atoms with Crippen LogP contribution in [0.4, 0.5) is 5.69 Å². The Labute approximate surface area is 129 Å². The number of anilines is 1. The van der Waals surface area contributed by atoms with Crippen molar-refractivity contribution >= 4 is 5.69 Å². The second-order valence-corrected chi connectivity index (χ2v) is 7.42. The maximum absolute atomic E-state index is 4.45. The Hall–Kier alpha value is -1.09. The first-order valence-electron chi connectivity index (χ1n) is 8.46. The molecule has 0 amide bonds. The number of piperidine rings is 2. The molecule has 3 rings (SSSR count). The van der Waals surface area contributed by atoms with E-state index < -0.39 is 0 Å². The Morgan fingerprint density at radius 3 is 2.24 bits per heavy atom. The minimum atomic E-state index is 0.558. The molecule has 0 atom stereocenters. The molecule has 0 bridgehead atoms. The topological polar surface area (TPSA) is 19.4 Å². The molecule has 0 N–H and O–H groups in total. The number of rotatable bonds is 2. The maximum Gasteiger partial charge on any atom is 0.0555 e. The normalized spacial score (nSPS) is 23.0. The van der Waals surface area contributed by atoms with Crippen LogP contribution in [0.15, 0.2) is 18.5 Å². The van der Waals surface area contributed by atoms with Gasteiger partial charge < -0.3 is 9.80 Å². The first-order valence-corrected chi connectivity index (χ1v) is 8.46. The smallest absolute Gasteiger partial charge is 0.0555 e. The van der Waals surface area contributed by atoms with Crippen LogP contribution in [0.5, 0.6) is 0 Å². The zero-order valence-corrected chi connectivity index (χ0v) is 13.8. The average molecular weight is 287 g/mol. The summed E-state index contributed by atoms with van der Waals surface area (Å²) in [6, 6.07) is 2.34. The van der Waals surface area contributed by atoms with Crippen molar-refractivity contribution in [3.63, 3.8) is 0 Å². The Balaban J connectivity index is 1.64. The highest BCUT2D eigenvalue weighted by atomic mass is 15.2. The molecule has 0 aromatic carbocycles. The van der Waals surface area contributed by atoms with Gasteiger partial charge in [-0.1, -0.05) is 13.8 Å². The van der Waals surface area contributed by atoms with Gasteiger partial charge in [-0.3, -0.25) is 4.98 Å². The van der Waals surface area contributed by atoms with Crippen LogP contribution in [-0.2, 0) is 0 Å². The number of hydrogen-bond acceptors (Lipinski definition) is 3. The molecule has 2 aliphatic rings. The fraction of sp³-hybridized carbons (Fsp3) is 0.722. The zero-order valence-electron chi connectivity index (χ0n) is 13.8. The molecule has 1 spiro atoms. The summed E-state index contributed by atoms with van der Waals surface area (Å²) in [6.07, 6.45) is 9.54. The predicted molar refractivity (Wildman–Crippen MR) is 88.9 cm³/mol.